The molecular formula is C12H20N4O2S. The van der Waals surface area contributed by atoms with Gasteiger partial charge in [-0.25, -0.2) is 4.98 Å². The van der Waals surface area contributed by atoms with Gasteiger partial charge in [0, 0.05) is 38.4 Å². The maximum Gasteiger partial charge on any atom is 0.279 e. The standard InChI is InChI=1S/C12H20N4O2S/c1-11(2)14-19(17,18)16-9-7-15(8-10-16)12-5-3-4-6-13-12/h3-6,11,14H,7-10H2,1-2H3. The average molecular weight is 284 g/mol. The van der Waals surface area contributed by atoms with Crippen molar-refractivity contribution in [3.8, 4) is 0 Å². The molecule has 0 unspecified atom stereocenters. The van der Waals surface area contributed by atoms with Crippen molar-refractivity contribution in [1.82, 2.24) is 14.0 Å². The Morgan fingerprint density at radius 1 is 1.21 bits per heavy atom. The molecule has 6 nitrogen and oxygen atoms in total. The number of anilines is 1. The molecular weight excluding hydrogens is 264 g/mol. The fraction of sp³-hybridized carbons (Fsp3) is 0.583. The van der Waals surface area contributed by atoms with E-state index < -0.39 is 10.2 Å². The Kier molecular flexibility index (Phi) is 4.38. The van der Waals surface area contributed by atoms with E-state index in [1.54, 1.807) is 6.20 Å². The predicted octanol–water partition coefficient (Wildman–Crippen LogP) is 0.446. The van der Waals surface area contributed by atoms with Crippen LogP contribution in [0, 0.1) is 0 Å². The first-order valence-electron chi connectivity index (χ1n) is 6.42. The van der Waals surface area contributed by atoms with Crippen LogP contribution in [0.2, 0.25) is 0 Å². The summed E-state index contributed by atoms with van der Waals surface area (Å²) in [6.45, 7) is 5.94. The Morgan fingerprint density at radius 2 is 1.89 bits per heavy atom. The van der Waals surface area contributed by atoms with Gasteiger partial charge in [0.1, 0.15) is 5.82 Å². The zero-order valence-corrected chi connectivity index (χ0v) is 12.1. The number of hydrogen-bond acceptors (Lipinski definition) is 4. The summed E-state index contributed by atoms with van der Waals surface area (Å²) in [6.07, 6.45) is 1.75. The van der Waals surface area contributed by atoms with Crippen molar-refractivity contribution in [1.29, 1.82) is 0 Å². The molecule has 0 radical (unpaired) electrons. The fourth-order valence-electron chi connectivity index (χ4n) is 2.07. The Morgan fingerprint density at radius 3 is 2.42 bits per heavy atom. The van der Waals surface area contributed by atoms with E-state index in [4.69, 9.17) is 0 Å². The third-order valence-electron chi connectivity index (χ3n) is 2.94. The highest BCUT2D eigenvalue weighted by molar-refractivity contribution is 7.87. The van der Waals surface area contributed by atoms with Crippen molar-refractivity contribution in [2.45, 2.75) is 19.9 Å². The van der Waals surface area contributed by atoms with Crippen LogP contribution < -0.4 is 9.62 Å². The summed E-state index contributed by atoms with van der Waals surface area (Å²) in [5, 5.41) is 0. The highest BCUT2D eigenvalue weighted by atomic mass is 32.2. The molecule has 2 heterocycles. The minimum absolute atomic E-state index is 0.0844. The van der Waals surface area contributed by atoms with Gasteiger partial charge in [-0.3, -0.25) is 0 Å². The van der Waals surface area contributed by atoms with Crippen LogP contribution in [0.5, 0.6) is 0 Å². The van der Waals surface area contributed by atoms with Crippen molar-refractivity contribution in [2.24, 2.45) is 0 Å². The van der Waals surface area contributed by atoms with Crippen molar-refractivity contribution in [2.75, 3.05) is 31.1 Å². The molecule has 19 heavy (non-hydrogen) atoms. The molecule has 106 valence electrons. The molecule has 7 heteroatoms. The molecule has 2 rings (SSSR count). The summed E-state index contributed by atoms with van der Waals surface area (Å²) in [4.78, 5) is 6.38. The largest absolute Gasteiger partial charge is 0.354 e. The third kappa shape index (κ3) is 3.65. The van der Waals surface area contributed by atoms with Crippen molar-refractivity contribution in [3.05, 3.63) is 24.4 Å². The number of aromatic nitrogens is 1. The molecule has 0 amide bonds. The predicted molar refractivity (Wildman–Crippen MR) is 75.2 cm³/mol. The SMILES string of the molecule is CC(C)NS(=O)(=O)N1CCN(c2ccccn2)CC1. The van der Waals surface area contributed by atoms with Gasteiger partial charge < -0.3 is 4.90 Å². The van der Waals surface area contributed by atoms with E-state index in [9.17, 15) is 8.42 Å². The first kappa shape index (κ1) is 14.2. The minimum atomic E-state index is -3.35. The number of nitrogens with one attached hydrogen (secondary N) is 1. The average Bonchev–Trinajstić information content (AvgIpc) is 2.38. The number of piperazine rings is 1. The van der Waals surface area contributed by atoms with Crippen molar-refractivity contribution >= 4 is 16.0 Å². The van der Waals surface area contributed by atoms with Gasteiger partial charge in [-0.2, -0.15) is 17.4 Å². The summed E-state index contributed by atoms with van der Waals surface area (Å²) >= 11 is 0. The Bertz CT molecular complexity index is 496. The van der Waals surface area contributed by atoms with Gasteiger partial charge in [-0.15, -0.1) is 0 Å². The summed E-state index contributed by atoms with van der Waals surface area (Å²) in [7, 11) is -3.35. The number of nitrogens with zero attached hydrogens (tertiary/aromatic N) is 3. The van der Waals surface area contributed by atoms with E-state index in [1.807, 2.05) is 32.0 Å². The normalized spacial score (nSPS) is 17.9. The number of hydrogen-bond donors (Lipinski definition) is 1. The number of pyridine rings is 1. The van der Waals surface area contributed by atoms with Crippen LogP contribution in [0.1, 0.15) is 13.8 Å². The maximum absolute atomic E-state index is 12.0. The second-order valence-electron chi connectivity index (χ2n) is 4.85. The molecule has 1 aliphatic rings. The molecule has 1 N–H and O–H groups in total. The molecule has 0 saturated carbocycles. The van der Waals surface area contributed by atoms with Crippen LogP contribution in [0.15, 0.2) is 24.4 Å². The lowest BCUT2D eigenvalue weighted by Gasteiger charge is -2.34. The van der Waals surface area contributed by atoms with Crippen molar-refractivity contribution in [3.63, 3.8) is 0 Å². The van der Waals surface area contributed by atoms with Crippen LogP contribution in [0.4, 0.5) is 5.82 Å². The molecule has 0 aromatic carbocycles. The van der Waals surface area contributed by atoms with E-state index in [-0.39, 0.29) is 6.04 Å². The summed E-state index contributed by atoms with van der Waals surface area (Å²) in [6, 6.07) is 5.66. The van der Waals surface area contributed by atoms with Crippen molar-refractivity contribution < 1.29 is 8.42 Å². The van der Waals surface area contributed by atoms with E-state index >= 15 is 0 Å². The Hall–Kier alpha value is -1.18. The van der Waals surface area contributed by atoms with Crippen LogP contribution in [0.3, 0.4) is 0 Å². The lowest BCUT2D eigenvalue weighted by Crippen LogP contribution is -2.53. The molecule has 1 aromatic rings. The molecule has 1 saturated heterocycles. The van der Waals surface area contributed by atoms with Gasteiger partial charge in [-0.05, 0) is 26.0 Å². The highest BCUT2D eigenvalue weighted by Gasteiger charge is 2.27. The molecule has 0 bridgehead atoms. The summed E-state index contributed by atoms with van der Waals surface area (Å²) < 4.78 is 28.1. The van der Waals surface area contributed by atoms with Gasteiger partial charge in [0.2, 0.25) is 0 Å². The number of rotatable bonds is 4. The Labute approximate surface area is 114 Å². The summed E-state index contributed by atoms with van der Waals surface area (Å²) in [5.41, 5.74) is 0. The zero-order chi connectivity index (χ0) is 13.9. The topological polar surface area (TPSA) is 65.5 Å². The first-order valence-corrected chi connectivity index (χ1v) is 7.86. The maximum atomic E-state index is 12.0. The van der Waals surface area contributed by atoms with E-state index in [0.717, 1.165) is 5.82 Å². The fourth-order valence-corrected chi connectivity index (χ4v) is 3.46. The van der Waals surface area contributed by atoms with Crippen LogP contribution in [-0.2, 0) is 10.2 Å². The van der Waals surface area contributed by atoms with Gasteiger partial charge >= 0.3 is 0 Å². The van der Waals surface area contributed by atoms with Gasteiger partial charge in [0.15, 0.2) is 0 Å². The zero-order valence-electron chi connectivity index (χ0n) is 11.3. The van der Waals surface area contributed by atoms with Crippen LogP contribution in [-0.4, -0.2) is 49.9 Å². The molecule has 1 fully saturated rings. The quantitative estimate of drug-likeness (QED) is 0.871. The lowest BCUT2D eigenvalue weighted by molar-refractivity contribution is 0.375. The molecule has 1 aliphatic heterocycles. The van der Waals surface area contributed by atoms with E-state index in [2.05, 4.69) is 14.6 Å². The van der Waals surface area contributed by atoms with Gasteiger partial charge in [0.05, 0.1) is 0 Å². The first-order chi connectivity index (χ1) is 8.99. The summed E-state index contributed by atoms with van der Waals surface area (Å²) in [5.74, 6) is 0.899. The molecule has 1 aromatic heterocycles. The third-order valence-corrected chi connectivity index (χ3v) is 4.75. The van der Waals surface area contributed by atoms with E-state index in [1.165, 1.54) is 4.31 Å². The second-order valence-corrected chi connectivity index (χ2v) is 6.55. The van der Waals surface area contributed by atoms with Gasteiger partial charge in [0.25, 0.3) is 10.2 Å². The monoisotopic (exact) mass is 284 g/mol. The van der Waals surface area contributed by atoms with Crippen LogP contribution >= 0.6 is 0 Å². The van der Waals surface area contributed by atoms with Gasteiger partial charge in [-0.1, -0.05) is 6.07 Å². The Balaban J connectivity index is 1.96. The second kappa shape index (κ2) is 5.85. The highest BCUT2D eigenvalue weighted by Crippen LogP contribution is 2.14. The molecule has 0 aliphatic carbocycles. The van der Waals surface area contributed by atoms with Crippen LogP contribution in [0.25, 0.3) is 0 Å². The smallest absolute Gasteiger partial charge is 0.279 e. The lowest BCUT2D eigenvalue weighted by atomic mass is 10.3. The molecule has 0 spiro atoms. The molecule has 0 atom stereocenters. The van der Waals surface area contributed by atoms with E-state index in [0.29, 0.717) is 26.2 Å². The minimum Gasteiger partial charge on any atom is -0.354 e.